The second-order valence-electron chi connectivity index (χ2n) is 5.13. The molecule has 0 radical (unpaired) electrons. The van der Waals surface area contributed by atoms with Crippen molar-refractivity contribution in [1.29, 1.82) is 0 Å². The van der Waals surface area contributed by atoms with Gasteiger partial charge in [-0.2, -0.15) is 0 Å². The van der Waals surface area contributed by atoms with Gasteiger partial charge < -0.3 is 4.74 Å². The number of epoxide rings is 1. The summed E-state index contributed by atoms with van der Waals surface area (Å²) in [5, 5.41) is 0. The molecule has 2 aromatic carbocycles. The maximum absolute atomic E-state index is 13.9. The minimum Gasteiger partial charge on any atom is -0.351 e. The van der Waals surface area contributed by atoms with E-state index in [1.165, 1.54) is 0 Å². The van der Waals surface area contributed by atoms with Crippen LogP contribution in [-0.2, 0) is 10.3 Å². The zero-order valence-corrected chi connectivity index (χ0v) is 12.2. The van der Waals surface area contributed by atoms with E-state index in [0.29, 0.717) is 0 Å². The highest BCUT2D eigenvalue weighted by Gasteiger charge is 2.62. The number of Topliss-reactive ketones (excluding diaryl/α,β-unsaturated/α-hetero) is 1. The van der Waals surface area contributed by atoms with E-state index in [0.717, 1.165) is 36.4 Å². The van der Waals surface area contributed by atoms with Crippen molar-refractivity contribution in [3.05, 3.63) is 70.8 Å². The topological polar surface area (TPSA) is 29.6 Å². The molecule has 0 aromatic heterocycles. The summed E-state index contributed by atoms with van der Waals surface area (Å²) >= 11 is 5.78. The van der Waals surface area contributed by atoms with E-state index >= 15 is 0 Å². The van der Waals surface area contributed by atoms with E-state index in [1.54, 1.807) is 0 Å². The van der Waals surface area contributed by atoms with Crippen molar-refractivity contribution in [3.63, 3.8) is 0 Å². The van der Waals surface area contributed by atoms with Crippen LogP contribution in [0.1, 0.15) is 15.9 Å². The van der Waals surface area contributed by atoms with Gasteiger partial charge in [0, 0.05) is 5.56 Å². The van der Waals surface area contributed by atoms with Crippen molar-refractivity contribution in [1.82, 2.24) is 0 Å². The fraction of sp³-hybridized carbons (Fsp3) is 0.188. The van der Waals surface area contributed by atoms with E-state index in [9.17, 15) is 22.4 Å². The van der Waals surface area contributed by atoms with Crippen molar-refractivity contribution in [2.24, 2.45) is 0 Å². The highest BCUT2D eigenvalue weighted by Crippen LogP contribution is 2.49. The maximum atomic E-state index is 13.9. The number of rotatable bonds is 4. The molecule has 0 N–H and O–H groups in total. The number of carbonyl (C=O) groups is 1. The van der Waals surface area contributed by atoms with Gasteiger partial charge in [0.25, 0.3) is 0 Å². The zero-order valence-electron chi connectivity index (χ0n) is 11.5. The maximum Gasteiger partial charge on any atom is 0.198 e. The van der Waals surface area contributed by atoms with Crippen molar-refractivity contribution >= 4 is 17.4 Å². The third kappa shape index (κ3) is 2.62. The monoisotopic (exact) mass is 344 g/mol. The number of alkyl halides is 1. The van der Waals surface area contributed by atoms with Crippen LogP contribution in [0.4, 0.5) is 17.6 Å². The molecule has 0 unspecified atom stereocenters. The molecule has 1 aliphatic heterocycles. The highest BCUT2D eigenvalue weighted by atomic mass is 35.5. The Morgan fingerprint density at radius 2 is 1.65 bits per heavy atom. The van der Waals surface area contributed by atoms with Crippen molar-refractivity contribution in [2.45, 2.75) is 11.7 Å². The number of benzene rings is 2. The van der Waals surface area contributed by atoms with Crippen LogP contribution in [0, 0.1) is 23.3 Å². The molecule has 1 saturated heterocycles. The fourth-order valence-electron chi connectivity index (χ4n) is 2.47. The molecule has 0 spiro atoms. The predicted octanol–water partition coefficient (Wildman–Crippen LogP) is 3.96. The standard InChI is InChI=1S/C16H9ClF4O2/c17-7-16(11-6-9(19)2-4-13(11)21)15(23-16)14(22)10-5-8(18)1-3-12(10)20/h1-6,15H,7H2/t15-,16-/m0/s1. The van der Waals surface area contributed by atoms with Gasteiger partial charge in [-0.05, 0) is 36.4 Å². The van der Waals surface area contributed by atoms with E-state index < -0.39 is 46.3 Å². The van der Waals surface area contributed by atoms with Gasteiger partial charge in [0.1, 0.15) is 28.9 Å². The van der Waals surface area contributed by atoms with Gasteiger partial charge in [-0.25, -0.2) is 17.6 Å². The first-order valence-electron chi connectivity index (χ1n) is 6.57. The van der Waals surface area contributed by atoms with Gasteiger partial charge in [-0.15, -0.1) is 11.6 Å². The third-order valence-corrected chi connectivity index (χ3v) is 4.11. The van der Waals surface area contributed by atoms with E-state index in [1.807, 2.05) is 0 Å². The van der Waals surface area contributed by atoms with Crippen LogP contribution in [-0.4, -0.2) is 17.8 Å². The molecule has 0 amide bonds. The van der Waals surface area contributed by atoms with E-state index in [2.05, 4.69) is 0 Å². The molecule has 1 aliphatic rings. The Hall–Kier alpha value is -1.92. The Morgan fingerprint density at radius 3 is 2.30 bits per heavy atom. The summed E-state index contributed by atoms with van der Waals surface area (Å²) in [4.78, 5) is 12.3. The normalized spacial score (nSPS) is 22.9. The SMILES string of the molecule is O=C(c1cc(F)ccc1F)[C@@H]1O[C@@]1(CCl)c1cc(F)ccc1F. The van der Waals surface area contributed by atoms with Crippen LogP contribution in [0.5, 0.6) is 0 Å². The summed E-state index contributed by atoms with van der Waals surface area (Å²) in [5.74, 6) is -4.50. The van der Waals surface area contributed by atoms with Crippen LogP contribution in [0.15, 0.2) is 36.4 Å². The average molecular weight is 345 g/mol. The van der Waals surface area contributed by atoms with Gasteiger partial charge in [0.2, 0.25) is 0 Å². The summed E-state index contributed by atoms with van der Waals surface area (Å²) in [6.45, 7) is 0. The molecule has 1 fully saturated rings. The number of ketones is 1. The Kier molecular flexibility index (Phi) is 3.90. The largest absolute Gasteiger partial charge is 0.351 e. The molecule has 2 atom stereocenters. The number of hydrogen-bond acceptors (Lipinski definition) is 2. The quantitative estimate of drug-likeness (QED) is 0.364. The summed E-state index contributed by atoms with van der Waals surface area (Å²) < 4.78 is 59.4. The van der Waals surface area contributed by atoms with Crippen LogP contribution in [0.3, 0.4) is 0 Å². The molecule has 3 rings (SSSR count). The van der Waals surface area contributed by atoms with Crippen LogP contribution < -0.4 is 0 Å². The Morgan fingerprint density at radius 1 is 1.04 bits per heavy atom. The van der Waals surface area contributed by atoms with Crippen LogP contribution >= 0.6 is 11.6 Å². The van der Waals surface area contributed by atoms with Gasteiger partial charge in [0.15, 0.2) is 11.9 Å². The average Bonchev–Trinajstić information content (AvgIpc) is 3.27. The summed E-state index contributed by atoms with van der Waals surface area (Å²) in [5.41, 5.74) is -2.36. The molecule has 2 aromatic rings. The second-order valence-corrected chi connectivity index (χ2v) is 5.40. The molecule has 23 heavy (non-hydrogen) atoms. The Labute approximate surface area is 133 Å². The lowest BCUT2D eigenvalue weighted by Crippen LogP contribution is -2.23. The van der Waals surface area contributed by atoms with Gasteiger partial charge >= 0.3 is 0 Å². The number of hydrogen-bond donors (Lipinski definition) is 0. The molecule has 7 heteroatoms. The molecule has 1 heterocycles. The molecular formula is C16H9ClF4O2. The van der Waals surface area contributed by atoms with Crippen LogP contribution in [0.25, 0.3) is 0 Å². The Balaban J connectivity index is 1.98. The lowest BCUT2D eigenvalue weighted by molar-refractivity contribution is 0.0949. The molecule has 0 saturated carbocycles. The number of ether oxygens (including phenoxy) is 1. The molecule has 0 aliphatic carbocycles. The van der Waals surface area contributed by atoms with Gasteiger partial charge in [-0.3, -0.25) is 4.79 Å². The van der Waals surface area contributed by atoms with Crippen LogP contribution in [0.2, 0.25) is 0 Å². The van der Waals surface area contributed by atoms with Gasteiger partial charge in [-0.1, -0.05) is 0 Å². The molecule has 0 bridgehead atoms. The van der Waals surface area contributed by atoms with Gasteiger partial charge in [0.05, 0.1) is 11.4 Å². The van der Waals surface area contributed by atoms with E-state index in [4.69, 9.17) is 16.3 Å². The smallest absolute Gasteiger partial charge is 0.198 e. The summed E-state index contributed by atoms with van der Waals surface area (Å²) in [6, 6.07) is 5.04. The zero-order chi connectivity index (χ0) is 16.8. The minimum atomic E-state index is -1.59. The Bertz CT molecular complexity index is 796. The number of carbonyl (C=O) groups excluding carboxylic acids is 1. The second kappa shape index (κ2) is 5.62. The first-order valence-corrected chi connectivity index (χ1v) is 7.11. The first-order chi connectivity index (χ1) is 10.9. The minimum absolute atomic E-state index is 0.234. The summed E-state index contributed by atoms with van der Waals surface area (Å²) in [6.07, 6.45) is -1.31. The molecule has 2 nitrogen and oxygen atoms in total. The highest BCUT2D eigenvalue weighted by molar-refractivity contribution is 6.19. The van der Waals surface area contributed by atoms with E-state index in [-0.39, 0.29) is 11.4 Å². The summed E-state index contributed by atoms with van der Waals surface area (Å²) in [7, 11) is 0. The van der Waals surface area contributed by atoms with Crippen molar-refractivity contribution in [2.75, 3.05) is 5.88 Å². The van der Waals surface area contributed by atoms with Crippen molar-refractivity contribution < 1.29 is 27.1 Å². The number of halogens is 5. The lowest BCUT2D eigenvalue weighted by Gasteiger charge is -2.11. The third-order valence-electron chi connectivity index (χ3n) is 3.71. The molecular weight excluding hydrogens is 336 g/mol. The predicted molar refractivity (Wildman–Crippen MR) is 74.3 cm³/mol. The first kappa shape index (κ1) is 16.0. The fourth-order valence-corrected chi connectivity index (χ4v) is 2.82. The molecule has 120 valence electrons. The van der Waals surface area contributed by atoms with Crippen molar-refractivity contribution in [3.8, 4) is 0 Å². The lowest BCUT2D eigenvalue weighted by atomic mass is 9.92.